The van der Waals surface area contributed by atoms with Crippen LogP contribution in [-0.2, 0) is 13.0 Å². The highest BCUT2D eigenvalue weighted by Crippen LogP contribution is 2.28. The van der Waals surface area contributed by atoms with Crippen molar-refractivity contribution in [2.75, 3.05) is 6.54 Å². The minimum absolute atomic E-state index is 0.361. The normalized spacial score (nSPS) is 13.3. The Morgan fingerprint density at radius 3 is 2.30 bits per heavy atom. The lowest BCUT2D eigenvalue weighted by molar-refractivity contribution is 0.0695. The maximum absolute atomic E-state index is 11.2. The summed E-state index contributed by atoms with van der Waals surface area (Å²) in [6, 6.07) is 12.5. The van der Waals surface area contributed by atoms with Crippen LogP contribution in [0.25, 0.3) is 0 Å². The summed E-state index contributed by atoms with van der Waals surface area (Å²) in [5.74, 6) is 5.51. The molecule has 0 heterocycles. The van der Waals surface area contributed by atoms with Crippen LogP contribution in [0.2, 0.25) is 0 Å². The third kappa shape index (κ3) is 4.78. The van der Waals surface area contributed by atoms with Gasteiger partial charge in [0.2, 0.25) is 0 Å². The molecule has 0 bridgehead atoms. The van der Waals surface area contributed by atoms with Crippen molar-refractivity contribution in [2.24, 2.45) is 0 Å². The summed E-state index contributed by atoms with van der Waals surface area (Å²) < 4.78 is 0. The molecule has 140 valence electrons. The van der Waals surface area contributed by atoms with Crippen LogP contribution in [0.1, 0.15) is 64.9 Å². The van der Waals surface area contributed by atoms with Gasteiger partial charge >= 0.3 is 5.97 Å². The van der Waals surface area contributed by atoms with Gasteiger partial charge < -0.3 is 5.11 Å². The third-order valence-electron chi connectivity index (χ3n) is 5.25. The maximum atomic E-state index is 11.2. The van der Waals surface area contributed by atoms with Gasteiger partial charge in [-0.05, 0) is 79.8 Å². The molecule has 1 N–H and O–H groups in total. The van der Waals surface area contributed by atoms with E-state index in [0.717, 1.165) is 35.8 Å². The van der Waals surface area contributed by atoms with E-state index in [1.165, 1.54) is 24.0 Å². The van der Waals surface area contributed by atoms with E-state index in [9.17, 15) is 9.90 Å². The molecule has 0 aromatic heterocycles. The molecule has 0 spiro atoms. The molecular weight excluding hydrogens is 334 g/mol. The van der Waals surface area contributed by atoms with Gasteiger partial charge in [-0.3, -0.25) is 4.90 Å². The highest BCUT2D eigenvalue weighted by atomic mass is 16.4. The van der Waals surface area contributed by atoms with Gasteiger partial charge in [0.15, 0.2) is 0 Å². The highest BCUT2D eigenvalue weighted by molar-refractivity contribution is 5.89. The van der Waals surface area contributed by atoms with Crippen molar-refractivity contribution >= 4 is 5.97 Å². The predicted molar refractivity (Wildman–Crippen MR) is 109 cm³/mol. The first-order chi connectivity index (χ1) is 13.0. The van der Waals surface area contributed by atoms with Crippen molar-refractivity contribution in [2.45, 2.75) is 52.6 Å². The fraction of sp³-hybridized carbons (Fsp3) is 0.375. The topological polar surface area (TPSA) is 40.5 Å². The number of aryl methyl sites for hydroxylation is 2. The first kappa shape index (κ1) is 19.2. The molecule has 3 rings (SSSR count). The molecule has 0 radical (unpaired) electrons. The monoisotopic (exact) mass is 361 g/mol. The van der Waals surface area contributed by atoms with Crippen LogP contribution in [-0.4, -0.2) is 28.6 Å². The van der Waals surface area contributed by atoms with Crippen LogP contribution in [0.3, 0.4) is 0 Å². The largest absolute Gasteiger partial charge is 0.478 e. The molecule has 2 aromatic rings. The van der Waals surface area contributed by atoms with E-state index < -0.39 is 5.97 Å². The van der Waals surface area contributed by atoms with Gasteiger partial charge in [-0.1, -0.05) is 31.8 Å². The summed E-state index contributed by atoms with van der Waals surface area (Å²) in [6.45, 7) is 8.45. The molecule has 1 fully saturated rings. The quantitative estimate of drug-likeness (QED) is 0.762. The van der Waals surface area contributed by atoms with Crippen molar-refractivity contribution in [3.63, 3.8) is 0 Å². The molecule has 2 aromatic carbocycles. The van der Waals surface area contributed by atoms with Crippen molar-refractivity contribution in [1.82, 2.24) is 4.90 Å². The van der Waals surface area contributed by atoms with E-state index in [1.54, 1.807) is 12.1 Å². The van der Waals surface area contributed by atoms with Crippen LogP contribution in [0.15, 0.2) is 36.4 Å². The summed E-state index contributed by atoms with van der Waals surface area (Å²) in [7, 11) is 0. The average molecular weight is 361 g/mol. The van der Waals surface area contributed by atoms with E-state index in [-0.39, 0.29) is 0 Å². The van der Waals surface area contributed by atoms with Crippen LogP contribution in [0.5, 0.6) is 0 Å². The zero-order chi connectivity index (χ0) is 19.4. The van der Waals surface area contributed by atoms with Crippen LogP contribution >= 0.6 is 0 Å². The number of carboxylic acid groups (broad SMARTS) is 1. The molecule has 1 saturated carbocycles. The van der Waals surface area contributed by atoms with E-state index in [4.69, 9.17) is 0 Å². The van der Waals surface area contributed by atoms with E-state index in [0.29, 0.717) is 12.0 Å². The molecule has 1 aliphatic rings. The Labute approximate surface area is 162 Å². The fourth-order valence-corrected chi connectivity index (χ4v) is 3.43. The lowest BCUT2D eigenvalue weighted by Crippen LogP contribution is -2.25. The minimum Gasteiger partial charge on any atom is -0.478 e. The maximum Gasteiger partial charge on any atom is 0.335 e. The predicted octanol–water partition coefficient (Wildman–Crippen LogP) is 4.64. The van der Waals surface area contributed by atoms with Gasteiger partial charge in [-0.25, -0.2) is 4.79 Å². The van der Waals surface area contributed by atoms with Crippen molar-refractivity contribution in [1.29, 1.82) is 0 Å². The van der Waals surface area contributed by atoms with Crippen molar-refractivity contribution in [3.8, 4) is 11.8 Å². The number of nitrogens with zero attached hydrogens (tertiary/aromatic N) is 1. The zero-order valence-corrected chi connectivity index (χ0v) is 16.4. The second-order valence-electron chi connectivity index (χ2n) is 7.22. The second kappa shape index (κ2) is 8.41. The average Bonchev–Trinajstić information content (AvgIpc) is 3.50. The first-order valence-electron chi connectivity index (χ1n) is 9.73. The lowest BCUT2D eigenvalue weighted by Gasteiger charge is -2.21. The summed E-state index contributed by atoms with van der Waals surface area (Å²) in [6.07, 6.45) is 3.34. The standard InChI is InChI=1S/C24H27NO2/c1-4-20-15-19(9-13-23(20)24(26)27)7-6-18-8-10-21(17(3)14-18)16-25(5-2)22-11-12-22/h8-10,13-15,22H,4-5,11-12,16H2,1-3H3,(H,26,27). The van der Waals surface area contributed by atoms with Gasteiger partial charge in [-0.2, -0.15) is 0 Å². The summed E-state index contributed by atoms with van der Waals surface area (Å²) in [4.78, 5) is 13.8. The van der Waals surface area contributed by atoms with Crippen molar-refractivity contribution in [3.05, 3.63) is 69.8 Å². The molecule has 1 aliphatic carbocycles. The molecule has 3 nitrogen and oxygen atoms in total. The molecule has 0 atom stereocenters. The summed E-state index contributed by atoms with van der Waals surface area (Å²) in [5, 5.41) is 9.23. The number of benzene rings is 2. The van der Waals surface area contributed by atoms with E-state index >= 15 is 0 Å². The fourth-order valence-electron chi connectivity index (χ4n) is 3.43. The zero-order valence-electron chi connectivity index (χ0n) is 16.4. The summed E-state index contributed by atoms with van der Waals surface area (Å²) in [5.41, 5.74) is 5.67. The first-order valence-corrected chi connectivity index (χ1v) is 9.73. The number of carbonyl (C=O) groups is 1. The van der Waals surface area contributed by atoms with Gasteiger partial charge in [0, 0.05) is 23.7 Å². The number of aromatic carboxylic acids is 1. The summed E-state index contributed by atoms with van der Waals surface area (Å²) >= 11 is 0. The Balaban J connectivity index is 1.77. The molecule has 0 saturated heterocycles. The molecule has 0 aliphatic heterocycles. The third-order valence-corrected chi connectivity index (χ3v) is 5.25. The Morgan fingerprint density at radius 1 is 1.07 bits per heavy atom. The minimum atomic E-state index is -0.884. The van der Waals surface area contributed by atoms with Gasteiger partial charge in [0.05, 0.1) is 5.56 Å². The molecule has 0 amide bonds. The number of rotatable bonds is 6. The molecule has 3 heteroatoms. The van der Waals surface area contributed by atoms with E-state index in [1.807, 2.05) is 13.0 Å². The van der Waals surface area contributed by atoms with E-state index in [2.05, 4.69) is 48.8 Å². The van der Waals surface area contributed by atoms with Gasteiger partial charge in [-0.15, -0.1) is 0 Å². The molecular formula is C24H27NO2. The van der Waals surface area contributed by atoms with Crippen LogP contribution in [0.4, 0.5) is 0 Å². The number of carboxylic acids is 1. The number of hydrogen-bond donors (Lipinski definition) is 1. The Kier molecular flexibility index (Phi) is 5.98. The smallest absolute Gasteiger partial charge is 0.335 e. The number of hydrogen-bond acceptors (Lipinski definition) is 2. The lowest BCUT2D eigenvalue weighted by atomic mass is 10.0. The Morgan fingerprint density at radius 2 is 1.74 bits per heavy atom. The Hall–Kier alpha value is -2.57. The van der Waals surface area contributed by atoms with Crippen molar-refractivity contribution < 1.29 is 9.90 Å². The highest BCUT2D eigenvalue weighted by Gasteiger charge is 2.27. The van der Waals surface area contributed by atoms with Gasteiger partial charge in [0.1, 0.15) is 0 Å². The van der Waals surface area contributed by atoms with Crippen LogP contribution in [0, 0.1) is 18.8 Å². The second-order valence-corrected chi connectivity index (χ2v) is 7.22. The molecule has 0 unspecified atom stereocenters. The van der Waals surface area contributed by atoms with Crippen LogP contribution < -0.4 is 0 Å². The Bertz CT molecular complexity index is 900. The molecule has 27 heavy (non-hydrogen) atoms. The van der Waals surface area contributed by atoms with Gasteiger partial charge in [0.25, 0.3) is 0 Å². The SMILES string of the molecule is CCc1cc(C#Cc2ccc(CN(CC)C3CC3)c(C)c2)ccc1C(=O)O.